The van der Waals surface area contributed by atoms with Gasteiger partial charge in [-0.2, -0.15) is 0 Å². The third-order valence-corrected chi connectivity index (χ3v) is 4.65. The van der Waals surface area contributed by atoms with Crippen molar-refractivity contribution in [1.82, 2.24) is 5.32 Å². The lowest BCUT2D eigenvalue weighted by molar-refractivity contribution is -0.960. The minimum Gasteiger partial charge on any atom is -0.370 e. The van der Waals surface area contributed by atoms with Gasteiger partial charge in [0.25, 0.3) is 0 Å². The van der Waals surface area contributed by atoms with Gasteiger partial charge in [-0.1, -0.05) is 6.42 Å². The lowest BCUT2D eigenvalue weighted by Gasteiger charge is -2.45. The van der Waals surface area contributed by atoms with Crippen LogP contribution in [0.3, 0.4) is 0 Å². The van der Waals surface area contributed by atoms with Crippen LogP contribution >= 0.6 is 11.6 Å². The van der Waals surface area contributed by atoms with E-state index in [1.807, 2.05) is 0 Å². The highest BCUT2D eigenvalue weighted by Gasteiger charge is 2.42. The van der Waals surface area contributed by atoms with E-state index in [1.54, 1.807) is 4.90 Å². The molecule has 1 heterocycles. The third-order valence-electron chi connectivity index (χ3n) is 4.40. The molecule has 0 aromatic carbocycles. The predicted molar refractivity (Wildman–Crippen MR) is 71.1 cm³/mol. The van der Waals surface area contributed by atoms with Gasteiger partial charge in [0.05, 0.1) is 19.8 Å². The Morgan fingerprint density at radius 1 is 1.22 bits per heavy atom. The molecule has 18 heavy (non-hydrogen) atoms. The van der Waals surface area contributed by atoms with Crippen molar-refractivity contribution in [1.29, 1.82) is 0 Å². The van der Waals surface area contributed by atoms with E-state index < -0.39 is 0 Å². The quantitative estimate of drug-likeness (QED) is 0.707. The molecule has 5 heteroatoms. The van der Waals surface area contributed by atoms with Crippen molar-refractivity contribution < 1.29 is 14.4 Å². The van der Waals surface area contributed by atoms with Crippen LogP contribution < -0.4 is 10.2 Å². The Hall–Kier alpha value is -0.320. The zero-order valence-electron chi connectivity index (χ0n) is 11.0. The van der Waals surface area contributed by atoms with Gasteiger partial charge in [0.1, 0.15) is 24.5 Å². The molecule has 0 aromatic rings. The molecule has 2 N–H and O–H groups in total. The van der Waals surface area contributed by atoms with Crippen molar-refractivity contribution in [2.24, 2.45) is 0 Å². The SMILES string of the molecule is O=C(CCl)NCC1([NH+]2CCOCC2)CCCCC1. The summed E-state index contributed by atoms with van der Waals surface area (Å²) in [5.74, 6) is 0.0170. The van der Waals surface area contributed by atoms with Crippen molar-refractivity contribution in [3.63, 3.8) is 0 Å². The second kappa shape index (κ2) is 6.73. The molecule has 0 atom stereocenters. The zero-order chi connectivity index (χ0) is 12.8. The summed E-state index contributed by atoms with van der Waals surface area (Å²) in [7, 11) is 0. The molecular weight excluding hydrogens is 252 g/mol. The van der Waals surface area contributed by atoms with Gasteiger partial charge in [0.15, 0.2) is 0 Å². The number of hydrogen-bond acceptors (Lipinski definition) is 2. The minimum atomic E-state index is -0.0470. The van der Waals surface area contributed by atoms with Crippen molar-refractivity contribution >= 4 is 17.5 Å². The summed E-state index contributed by atoms with van der Waals surface area (Å²) in [6, 6.07) is 0. The maximum absolute atomic E-state index is 11.4. The highest BCUT2D eigenvalue weighted by atomic mass is 35.5. The number of rotatable bonds is 4. The normalized spacial score (nSPS) is 24.7. The molecule has 0 spiro atoms. The fraction of sp³-hybridized carbons (Fsp3) is 0.923. The molecule has 1 aliphatic carbocycles. The molecule has 0 bridgehead atoms. The monoisotopic (exact) mass is 275 g/mol. The third kappa shape index (κ3) is 3.37. The second-order valence-corrected chi connectivity index (χ2v) is 5.73. The summed E-state index contributed by atoms with van der Waals surface area (Å²) < 4.78 is 5.45. The Morgan fingerprint density at radius 3 is 2.50 bits per heavy atom. The van der Waals surface area contributed by atoms with Crippen LogP contribution in [0.15, 0.2) is 0 Å². The minimum absolute atomic E-state index is 0.0470. The topological polar surface area (TPSA) is 42.8 Å². The zero-order valence-corrected chi connectivity index (χ0v) is 11.7. The van der Waals surface area contributed by atoms with Gasteiger partial charge in [0, 0.05) is 12.8 Å². The molecule has 1 aliphatic heterocycles. The molecule has 2 rings (SSSR count). The van der Waals surface area contributed by atoms with E-state index >= 15 is 0 Å². The maximum atomic E-state index is 11.4. The first-order chi connectivity index (χ1) is 8.77. The van der Waals surface area contributed by atoms with E-state index in [-0.39, 0.29) is 17.3 Å². The predicted octanol–water partition coefficient (Wildman–Crippen LogP) is -0.0406. The van der Waals surface area contributed by atoms with E-state index in [0.29, 0.717) is 0 Å². The molecular formula is C13H24ClN2O2+. The van der Waals surface area contributed by atoms with Crippen molar-refractivity contribution in [3.05, 3.63) is 0 Å². The van der Waals surface area contributed by atoms with Gasteiger partial charge in [-0.05, 0) is 12.8 Å². The Kier molecular flexibility index (Phi) is 5.27. The van der Waals surface area contributed by atoms with Gasteiger partial charge < -0.3 is 15.0 Å². The van der Waals surface area contributed by atoms with Crippen LogP contribution in [0.4, 0.5) is 0 Å². The van der Waals surface area contributed by atoms with Crippen molar-refractivity contribution in [3.8, 4) is 0 Å². The summed E-state index contributed by atoms with van der Waals surface area (Å²) in [5, 5.41) is 3.01. The van der Waals surface area contributed by atoms with E-state index in [0.717, 1.165) is 32.8 Å². The van der Waals surface area contributed by atoms with E-state index in [1.165, 1.54) is 32.1 Å². The highest BCUT2D eigenvalue weighted by Crippen LogP contribution is 2.25. The first kappa shape index (κ1) is 14.1. The number of quaternary nitrogens is 1. The fourth-order valence-corrected chi connectivity index (χ4v) is 3.44. The Morgan fingerprint density at radius 2 is 1.89 bits per heavy atom. The molecule has 104 valence electrons. The second-order valence-electron chi connectivity index (χ2n) is 5.47. The number of halogens is 1. The van der Waals surface area contributed by atoms with Crippen molar-refractivity contribution in [2.45, 2.75) is 37.6 Å². The number of hydrogen-bond donors (Lipinski definition) is 2. The number of alkyl halides is 1. The van der Waals surface area contributed by atoms with Crippen LogP contribution in [-0.4, -0.2) is 50.2 Å². The lowest BCUT2D eigenvalue weighted by Crippen LogP contribution is -3.23. The van der Waals surface area contributed by atoms with Crippen LogP contribution in [0.1, 0.15) is 32.1 Å². The summed E-state index contributed by atoms with van der Waals surface area (Å²) in [6.07, 6.45) is 6.31. The molecule has 0 unspecified atom stereocenters. The summed E-state index contributed by atoms with van der Waals surface area (Å²) >= 11 is 5.56. The summed E-state index contributed by atoms with van der Waals surface area (Å²) in [4.78, 5) is 13.0. The maximum Gasteiger partial charge on any atom is 0.235 e. The number of carbonyl (C=O) groups excluding carboxylic acids is 1. The molecule has 1 saturated heterocycles. The average molecular weight is 276 g/mol. The standard InChI is InChI=1S/C13H23ClN2O2/c14-10-12(17)15-11-13(4-2-1-3-5-13)16-6-8-18-9-7-16/h1-11H2,(H,15,17)/p+1. The number of amides is 1. The van der Waals surface area contributed by atoms with Crippen molar-refractivity contribution in [2.75, 3.05) is 38.7 Å². The van der Waals surface area contributed by atoms with Gasteiger partial charge in [-0.25, -0.2) is 0 Å². The average Bonchev–Trinajstić information content (AvgIpc) is 2.46. The van der Waals surface area contributed by atoms with Crippen LogP contribution in [0.25, 0.3) is 0 Å². The van der Waals surface area contributed by atoms with Gasteiger partial charge in [-0.3, -0.25) is 4.79 Å². The van der Waals surface area contributed by atoms with Crippen LogP contribution in [0.5, 0.6) is 0 Å². The van der Waals surface area contributed by atoms with E-state index in [2.05, 4.69) is 5.32 Å². The Labute approximate surface area is 114 Å². The Bertz CT molecular complexity index is 274. The van der Waals surface area contributed by atoms with Gasteiger partial charge in [-0.15, -0.1) is 11.6 Å². The van der Waals surface area contributed by atoms with Gasteiger partial charge in [0.2, 0.25) is 5.91 Å². The molecule has 0 aromatic heterocycles. The molecule has 2 fully saturated rings. The van der Waals surface area contributed by atoms with Crippen LogP contribution in [0.2, 0.25) is 0 Å². The lowest BCUT2D eigenvalue weighted by atomic mass is 9.79. The van der Waals surface area contributed by atoms with E-state index in [9.17, 15) is 4.79 Å². The van der Waals surface area contributed by atoms with Crippen LogP contribution in [-0.2, 0) is 9.53 Å². The van der Waals surface area contributed by atoms with E-state index in [4.69, 9.17) is 16.3 Å². The highest BCUT2D eigenvalue weighted by molar-refractivity contribution is 6.27. The largest absolute Gasteiger partial charge is 0.370 e. The molecule has 1 amide bonds. The smallest absolute Gasteiger partial charge is 0.235 e. The first-order valence-corrected chi connectivity index (χ1v) is 7.56. The summed E-state index contributed by atoms with van der Waals surface area (Å²) in [6.45, 7) is 4.60. The molecule has 1 saturated carbocycles. The Balaban J connectivity index is 1.99. The van der Waals surface area contributed by atoms with Crippen LogP contribution in [0, 0.1) is 0 Å². The fourth-order valence-electron chi connectivity index (χ4n) is 3.35. The number of carbonyl (C=O) groups is 1. The summed E-state index contributed by atoms with van der Waals surface area (Å²) in [5.41, 5.74) is 0.226. The first-order valence-electron chi connectivity index (χ1n) is 7.02. The number of morpholine rings is 1. The van der Waals surface area contributed by atoms with Gasteiger partial charge >= 0.3 is 0 Å². The molecule has 4 nitrogen and oxygen atoms in total. The number of nitrogens with one attached hydrogen (secondary N) is 2. The number of ether oxygens (including phenoxy) is 1. The molecule has 0 radical (unpaired) electrons. The molecule has 2 aliphatic rings.